The predicted octanol–water partition coefficient (Wildman–Crippen LogP) is 3.79. The number of hydrogen-bond acceptors (Lipinski definition) is 3. The molecule has 1 heterocycles. The summed E-state index contributed by atoms with van der Waals surface area (Å²) in [5, 5.41) is 6.84. The highest BCUT2D eigenvalue weighted by Gasteiger charge is 2.16. The van der Waals surface area contributed by atoms with Crippen LogP contribution in [0.5, 0.6) is 5.75 Å². The van der Waals surface area contributed by atoms with E-state index in [-0.39, 0.29) is 11.3 Å². The Kier molecular flexibility index (Phi) is 5.03. The molecule has 0 atom stereocenters. The molecule has 0 spiro atoms. The summed E-state index contributed by atoms with van der Waals surface area (Å²) < 4.78 is 30.9. The SMILES string of the molecule is O=C(Nc1ccn(Cc2ccccc2)n1)c1ccccc1OC(F)F. The molecule has 2 aromatic carbocycles. The van der Waals surface area contributed by atoms with E-state index in [2.05, 4.69) is 15.2 Å². The minimum atomic E-state index is -3.00. The summed E-state index contributed by atoms with van der Waals surface area (Å²) in [6.45, 7) is -2.44. The van der Waals surface area contributed by atoms with Gasteiger partial charge >= 0.3 is 6.61 Å². The Morgan fingerprint density at radius 2 is 1.80 bits per heavy atom. The first-order chi connectivity index (χ1) is 12.1. The molecule has 0 aliphatic heterocycles. The minimum absolute atomic E-state index is 0.0143. The summed E-state index contributed by atoms with van der Waals surface area (Å²) in [5.74, 6) is -0.423. The summed E-state index contributed by atoms with van der Waals surface area (Å²) in [6, 6.07) is 17.2. The Morgan fingerprint density at radius 1 is 1.08 bits per heavy atom. The maximum Gasteiger partial charge on any atom is 0.387 e. The van der Waals surface area contributed by atoms with E-state index in [0.717, 1.165) is 5.56 Å². The number of alkyl halides is 2. The minimum Gasteiger partial charge on any atom is -0.434 e. The first kappa shape index (κ1) is 16.6. The number of hydrogen-bond donors (Lipinski definition) is 1. The van der Waals surface area contributed by atoms with Crippen LogP contribution >= 0.6 is 0 Å². The normalized spacial score (nSPS) is 10.7. The fourth-order valence-electron chi connectivity index (χ4n) is 2.32. The topological polar surface area (TPSA) is 56.2 Å². The van der Waals surface area contributed by atoms with E-state index in [1.807, 2.05) is 30.3 Å². The summed E-state index contributed by atoms with van der Waals surface area (Å²) in [6.07, 6.45) is 1.73. The van der Waals surface area contributed by atoms with Gasteiger partial charge in [-0.15, -0.1) is 0 Å². The van der Waals surface area contributed by atoms with E-state index in [1.54, 1.807) is 23.0 Å². The van der Waals surface area contributed by atoms with Gasteiger partial charge in [0.1, 0.15) is 5.75 Å². The molecule has 0 fully saturated rings. The van der Waals surface area contributed by atoms with Crippen LogP contribution < -0.4 is 10.1 Å². The maximum absolute atomic E-state index is 12.4. The molecule has 25 heavy (non-hydrogen) atoms. The molecule has 0 aliphatic carbocycles. The van der Waals surface area contributed by atoms with Gasteiger partial charge in [0.05, 0.1) is 12.1 Å². The second kappa shape index (κ2) is 7.57. The second-order valence-corrected chi connectivity index (χ2v) is 5.21. The number of nitrogens with one attached hydrogen (secondary N) is 1. The van der Waals surface area contributed by atoms with Crippen molar-refractivity contribution in [3.8, 4) is 5.75 Å². The fraction of sp³-hybridized carbons (Fsp3) is 0.111. The molecule has 0 saturated heterocycles. The zero-order chi connectivity index (χ0) is 17.6. The number of rotatable bonds is 6. The van der Waals surface area contributed by atoms with E-state index in [4.69, 9.17) is 0 Å². The molecule has 0 aliphatic rings. The average Bonchev–Trinajstić information content (AvgIpc) is 3.02. The van der Waals surface area contributed by atoms with E-state index in [1.165, 1.54) is 18.2 Å². The quantitative estimate of drug-likeness (QED) is 0.741. The van der Waals surface area contributed by atoms with Gasteiger partial charge in [0.15, 0.2) is 5.82 Å². The molecule has 1 amide bonds. The molecule has 1 N–H and O–H groups in total. The van der Waals surface area contributed by atoms with Gasteiger partial charge in [-0.3, -0.25) is 9.48 Å². The molecular formula is C18H15F2N3O2. The van der Waals surface area contributed by atoms with Crippen LogP contribution in [0.2, 0.25) is 0 Å². The lowest BCUT2D eigenvalue weighted by Gasteiger charge is -2.09. The molecule has 0 unspecified atom stereocenters. The van der Waals surface area contributed by atoms with Crippen molar-refractivity contribution in [1.82, 2.24) is 9.78 Å². The van der Waals surface area contributed by atoms with Gasteiger partial charge in [0.2, 0.25) is 0 Å². The number of benzene rings is 2. The smallest absolute Gasteiger partial charge is 0.387 e. The standard InChI is InChI=1S/C18H15F2N3O2/c19-18(20)25-15-9-5-4-8-14(15)17(24)21-16-10-11-23(22-16)12-13-6-2-1-3-7-13/h1-11,18H,12H2,(H,21,22,24). The van der Waals surface area contributed by atoms with E-state index >= 15 is 0 Å². The molecule has 0 saturated carbocycles. The lowest BCUT2D eigenvalue weighted by Crippen LogP contribution is -2.15. The van der Waals surface area contributed by atoms with Crippen molar-refractivity contribution in [2.75, 3.05) is 5.32 Å². The van der Waals surface area contributed by atoms with Gasteiger partial charge in [-0.1, -0.05) is 42.5 Å². The van der Waals surface area contributed by atoms with Crippen LogP contribution in [0, 0.1) is 0 Å². The largest absolute Gasteiger partial charge is 0.434 e. The summed E-state index contributed by atoms with van der Waals surface area (Å²) in [5.41, 5.74) is 1.08. The Balaban J connectivity index is 1.70. The van der Waals surface area contributed by atoms with Gasteiger partial charge in [0, 0.05) is 12.3 Å². The molecule has 0 bridgehead atoms. The Labute approximate surface area is 142 Å². The lowest BCUT2D eigenvalue weighted by atomic mass is 10.2. The number of carbonyl (C=O) groups excluding carboxylic acids is 1. The van der Waals surface area contributed by atoms with Crippen LogP contribution in [-0.2, 0) is 6.54 Å². The van der Waals surface area contributed by atoms with Gasteiger partial charge in [-0.05, 0) is 17.7 Å². The van der Waals surface area contributed by atoms with Crippen molar-refractivity contribution in [3.05, 3.63) is 78.0 Å². The lowest BCUT2D eigenvalue weighted by molar-refractivity contribution is -0.0501. The van der Waals surface area contributed by atoms with Crippen LogP contribution in [0.1, 0.15) is 15.9 Å². The third kappa shape index (κ3) is 4.41. The molecule has 3 aromatic rings. The highest BCUT2D eigenvalue weighted by atomic mass is 19.3. The highest BCUT2D eigenvalue weighted by Crippen LogP contribution is 2.21. The van der Waals surface area contributed by atoms with Gasteiger partial charge in [0.25, 0.3) is 5.91 Å². The van der Waals surface area contributed by atoms with Crippen LogP contribution in [0.15, 0.2) is 66.9 Å². The monoisotopic (exact) mass is 343 g/mol. The Morgan fingerprint density at radius 3 is 2.56 bits per heavy atom. The highest BCUT2D eigenvalue weighted by molar-refractivity contribution is 6.05. The summed E-state index contributed by atoms with van der Waals surface area (Å²) in [7, 11) is 0. The zero-order valence-electron chi connectivity index (χ0n) is 13.1. The second-order valence-electron chi connectivity index (χ2n) is 5.21. The number of anilines is 1. The number of aromatic nitrogens is 2. The Hall–Kier alpha value is -3.22. The molecule has 0 radical (unpaired) electrons. The number of carbonyl (C=O) groups is 1. The van der Waals surface area contributed by atoms with Crippen molar-refractivity contribution in [2.45, 2.75) is 13.2 Å². The molecule has 128 valence electrons. The maximum atomic E-state index is 12.4. The van der Waals surface area contributed by atoms with Crippen molar-refractivity contribution < 1.29 is 18.3 Å². The number of nitrogens with zero attached hydrogens (tertiary/aromatic N) is 2. The third-order valence-electron chi connectivity index (χ3n) is 3.42. The number of para-hydroxylation sites is 1. The van der Waals surface area contributed by atoms with E-state index in [0.29, 0.717) is 12.4 Å². The zero-order valence-corrected chi connectivity index (χ0v) is 13.1. The van der Waals surface area contributed by atoms with Crippen LogP contribution in [0.25, 0.3) is 0 Å². The molecular weight excluding hydrogens is 328 g/mol. The van der Waals surface area contributed by atoms with Crippen molar-refractivity contribution >= 4 is 11.7 Å². The van der Waals surface area contributed by atoms with Crippen molar-refractivity contribution in [1.29, 1.82) is 0 Å². The van der Waals surface area contributed by atoms with Crippen LogP contribution in [0.4, 0.5) is 14.6 Å². The van der Waals surface area contributed by atoms with Crippen molar-refractivity contribution in [3.63, 3.8) is 0 Å². The molecule has 3 rings (SSSR count). The van der Waals surface area contributed by atoms with Crippen molar-refractivity contribution in [2.24, 2.45) is 0 Å². The molecule has 1 aromatic heterocycles. The third-order valence-corrected chi connectivity index (χ3v) is 3.42. The van der Waals surface area contributed by atoms with Gasteiger partial charge in [-0.25, -0.2) is 0 Å². The molecule has 7 heteroatoms. The van der Waals surface area contributed by atoms with Gasteiger partial charge in [-0.2, -0.15) is 13.9 Å². The number of halogens is 2. The average molecular weight is 343 g/mol. The van der Waals surface area contributed by atoms with E-state index in [9.17, 15) is 13.6 Å². The van der Waals surface area contributed by atoms with E-state index < -0.39 is 12.5 Å². The number of amides is 1. The fourth-order valence-corrected chi connectivity index (χ4v) is 2.32. The predicted molar refractivity (Wildman–Crippen MR) is 88.8 cm³/mol. The molecule has 5 nitrogen and oxygen atoms in total. The number of ether oxygens (including phenoxy) is 1. The van der Waals surface area contributed by atoms with Gasteiger partial charge < -0.3 is 10.1 Å². The summed E-state index contributed by atoms with van der Waals surface area (Å²) >= 11 is 0. The van der Waals surface area contributed by atoms with Crippen LogP contribution in [-0.4, -0.2) is 22.3 Å². The first-order valence-corrected chi connectivity index (χ1v) is 7.54. The summed E-state index contributed by atoms with van der Waals surface area (Å²) in [4.78, 5) is 12.3. The first-order valence-electron chi connectivity index (χ1n) is 7.54. The van der Waals surface area contributed by atoms with Crippen LogP contribution in [0.3, 0.4) is 0 Å². The Bertz CT molecular complexity index is 850.